The lowest BCUT2D eigenvalue weighted by Crippen LogP contribution is -2.36. The molecule has 0 unspecified atom stereocenters. The second-order valence-electron chi connectivity index (χ2n) is 6.71. The molecular weight excluding hydrogens is 423 g/mol. The maximum atomic E-state index is 12.8. The number of rotatable bonds is 5. The molecule has 1 amide bonds. The van der Waals surface area contributed by atoms with Gasteiger partial charge < -0.3 is 0 Å². The van der Waals surface area contributed by atoms with E-state index in [2.05, 4.69) is 15.5 Å². The van der Waals surface area contributed by atoms with E-state index in [0.717, 1.165) is 21.3 Å². The Labute approximate surface area is 182 Å². The Morgan fingerprint density at radius 1 is 0.933 bits per heavy atom. The maximum absolute atomic E-state index is 12.8. The van der Waals surface area contributed by atoms with Gasteiger partial charge in [0.15, 0.2) is 0 Å². The van der Waals surface area contributed by atoms with E-state index in [0.29, 0.717) is 27.7 Å². The quantitative estimate of drug-likeness (QED) is 0.477. The Morgan fingerprint density at radius 3 is 2.33 bits per heavy atom. The summed E-state index contributed by atoms with van der Waals surface area (Å²) >= 11 is 11.7. The molecule has 0 spiro atoms. The predicted molar refractivity (Wildman–Crippen MR) is 118 cm³/mol. The van der Waals surface area contributed by atoms with Crippen molar-refractivity contribution >= 4 is 39.9 Å². The molecule has 8 heteroatoms. The highest BCUT2D eigenvalue weighted by Gasteiger charge is 2.13. The van der Waals surface area contributed by atoms with Gasteiger partial charge in [0.05, 0.1) is 17.5 Å². The molecule has 2 aromatic heterocycles. The van der Waals surface area contributed by atoms with Gasteiger partial charge in [-0.25, -0.2) is 10.4 Å². The van der Waals surface area contributed by atoms with Gasteiger partial charge >= 0.3 is 0 Å². The molecular formula is C22H16Cl2N4O2. The van der Waals surface area contributed by atoms with Crippen molar-refractivity contribution in [3.05, 3.63) is 104 Å². The SMILES string of the molecule is O=C(Cc1ccc(Cl)cc1)Nn1nc(Cc2ccc(Cl)nc2)c2ccccc2c1=O. The third-order valence-corrected chi connectivity index (χ3v) is 5.03. The number of benzene rings is 2. The van der Waals surface area contributed by atoms with E-state index in [4.69, 9.17) is 23.2 Å². The predicted octanol–water partition coefficient (Wildman–Crippen LogP) is 4.00. The van der Waals surface area contributed by atoms with Crippen LogP contribution >= 0.6 is 23.2 Å². The average Bonchev–Trinajstić information content (AvgIpc) is 2.75. The van der Waals surface area contributed by atoms with Gasteiger partial charge in [-0.15, -0.1) is 4.79 Å². The van der Waals surface area contributed by atoms with Crippen molar-refractivity contribution in [1.82, 2.24) is 14.9 Å². The Morgan fingerprint density at radius 2 is 1.63 bits per heavy atom. The molecule has 30 heavy (non-hydrogen) atoms. The van der Waals surface area contributed by atoms with Crippen LogP contribution in [0.4, 0.5) is 0 Å². The first kappa shape index (κ1) is 20.1. The summed E-state index contributed by atoms with van der Waals surface area (Å²) in [5.41, 5.74) is 4.49. The van der Waals surface area contributed by atoms with Gasteiger partial charge in [-0.3, -0.25) is 9.59 Å². The van der Waals surface area contributed by atoms with Gasteiger partial charge in [0.2, 0.25) is 5.91 Å². The normalized spacial score (nSPS) is 10.9. The maximum Gasteiger partial charge on any atom is 0.294 e. The van der Waals surface area contributed by atoms with E-state index in [1.54, 1.807) is 48.7 Å². The summed E-state index contributed by atoms with van der Waals surface area (Å²) in [5, 5.41) is 6.59. The Bertz CT molecular complexity index is 1270. The Balaban J connectivity index is 1.66. The number of nitrogens with zero attached hydrogens (tertiary/aromatic N) is 3. The van der Waals surface area contributed by atoms with Crippen molar-refractivity contribution in [2.24, 2.45) is 0 Å². The van der Waals surface area contributed by atoms with Crippen LogP contribution in [0.1, 0.15) is 16.8 Å². The lowest BCUT2D eigenvalue weighted by atomic mass is 10.1. The second kappa shape index (κ2) is 8.65. The van der Waals surface area contributed by atoms with Crippen molar-refractivity contribution in [2.75, 3.05) is 5.43 Å². The van der Waals surface area contributed by atoms with Crippen molar-refractivity contribution < 1.29 is 4.79 Å². The molecule has 0 aliphatic rings. The number of nitrogens with one attached hydrogen (secondary N) is 1. The standard InChI is InChI=1S/C22H16Cl2N4O2/c23-16-8-5-14(6-9-16)12-21(29)27-28-22(30)18-4-2-1-3-17(18)19(26-28)11-15-7-10-20(24)25-13-15/h1-10,13H,11-12H2,(H,27,29). The molecule has 2 heterocycles. The summed E-state index contributed by atoms with van der Waals surface area (Å²) in [6.45, 7) is 0. The zero-order valence-electron chi connectivity index (χ0n) is 15.7. The fraction of sp³-hybridized carbons (Fsp3) is 0.0909. The van der Waals surface area contributed by atoms with Crippen molar-refractivity contribution in [3.63, 3.8) is 0 Å². The first-order valence-corrected chi connectivity index (χ1v) is 9.91. The first-order valence-electron chi connectivity index (χ1n) is 9.15. The molecule has 4 rings (SSSR count). The first-order chi connectivity index (χ1) is 14.5. The highest BCUT2D eigenvalue weighted by atomic mass is 35.5. The Hall–Kier alpha value is -3.22. The van der Waals surface area contributed by atoms with Gasteiger partial charge in [-0.05, 0) is 35.4 Å². The second-order valence-corrected chi connectivity index (χ2v) is 7.54. The number of halogens is 2. The largest absolute Gasteiger partial charge is 0.294 e. The van der Waals surface area contributed by atoms with Crippen LogP contribution in [0.3, 0.4) is 0 Å². The van der Waals surface area contributed by atoms with Gasteiger partial charge in [0.25, 0.3) is 5.56 Å². The third kappa shape index (κ3) is 4.50. The van der Waals surface area contributed by atoms with Crippen molar-refractivity contribution in [2.45, 2.75) is 12.8 Å². The molecule has 0 bridgehead atoms. The summed E-state index contributed by atoms with van der Waals surface area (Å²) < 4.78 is 0. The van der Waals surface area contributed by atoms with E-state index in [9.17, 15) is 9.59 Å². The zero-order chi connectivity index (χ0) is 21.1. The molecule has 2 aromatic carbocycles. The average molecular weight is 439 g/mol. The van der Waals surface area contributed by atoms with Crippen LogP contribution in [0, 0.1) is 0 Å². The fourth-order valence-corrected chi connectivity index (χ4v) is 3.35. The lowest BCUT2D eigenvalue weighted by Gasteiger charge is -2.12. The number of aromatic nitrogens is 3. The van der Waals surface area contributed by atoms with Gasteiger partial charge in [-0.2, -0.15) is 5.10 Å². The molecule has 0 aliphatic heterocycles. The smallest absolute Gasteiger partial charge is 0.273 e. The summed E-state index contributed by atoms with van der Waals surface area (Å²) in [6.07, 6.45) is 2.18. The van der Waals surface area contributed by atoms with Crippen LogP contribution in [0.25, 0.3) is 10.8 Å². The summed E-state index contributed by atoms with van der Waals surface area (Å²) in [4.78, 5) is 30.4. The minimum Gasteiger partial charge on any atom is -0.273 e. The van der Waals surface area contributed by atoms with Crippen molar-refractivity contribution in [3.8, 4) is 0 Å². The number of hydrogen-bond donors (Lipinski definition) is 1. The topological polar surface area (TPSA) is 76.9 Å². The molecule has 0 saturated carbocycles. The molecule has 0 saturated heterocycles. The highest BCUT2D eigenvalue weighted by molar-refractivity contribution is 6.30. The minimum atomic E-state index is -0.395. The number of fused-ring (bicyclic) bond motifs is 1. The van der Waals surface area contributed by atoms with E-state index in [1.807, 2.05) is 18.2 Å². The van der Waals surface area contributed by atoms with Crippen LogP contribution in [0.5, 0.6) is 0 Å². The Kier molecular flexibility index (Phi) is 5.79. The monoisotopic (exact) mass is 438 g/mol. The van der Waals surface area contributed by atoms with E-state index < -0.39 is 5.56 Å². The van der Waals surface area contributed by atoms with Gasteiger partial charge in [0, 0.05) is 23.0 Å². The number of hydrogen-bond acceptors (Lipinski definition) is 4. The summed E-state index contributed by atoms with van der Waals surface area (Å²) in [6, 6.07) is 17.7. The van der Waals surface area contributed by atoms with Crippen molar-refractivity contribution in [1.29, 1.82) is 0 Å². The third-order valence-electron chi connectivity index (χ3n) is 4.55. The molecule has 1 N–H and O–H groups in total. The lowest BCUT2D eigenvalue weighted by molar-refractivity contribution is -0.116. The van der Waals surface area contributed by atoms with E-state index in [1.165, 1.54) is 0 Å². The van der Waals surface area contributed by atoms with E-state index >= 15 is 0 Å². The number of carbonyl (C=O) groups is 1. The van der Waals surface area contributed by atoms with Crippen LogP contribution < -0.4 is 11.0 Å². The molecule has 0 aliphatic carbocycles. The van der Waals surface area contributed by atoms with Gasteiger partial charge in [0.1, 0.15) is 5.15 Å². The van der Waals surface area contributed by atoms with Crippen LogP contribution in [-0.4, -0.2) is 20.8 Å². The molecule has 0 radical (unpaired) electrons. The van der Waals surface area contributed by atoms with Gasteiger partial charge in [-0.1, -0.05) is 59.6 Å². The molecule has 0 fully saturated rings. The number of amides is 1. The van der Waals surface area contributed by atoms with E-state index in [-0.39, 0.29) is 12.3 Å². The molecule has 0 atom stereocenters. The van der Waals surface area contributed by atoms with Crippen LogP contribution in [0.15, 0.2) is 71.7 Å². The zero-order valence-corrected chi connectivity index (χ0v) is 17.2. The van der Waals surface area contributed by atoms with Crippen LogP contribution in [-0.2, 0) is 17.6 Å². The summed E-state index contributed by atoms with van der Waals surface area (Å²) in [7, 11) is 0. The number of pyridine rings is 1. The summed E-state index contributed by atoms with van der Waals surface area (Å²) in [5.74, 6) is -0.360. The highest BCUT2D eigenvalue weighted by Crippen LogP contribution is 2.17. The number of carbonyl (C=O) groups excluding carboxylic acids is 1. The van der Waals surface area contributed by atoms with Crippen LogP contribution in [0.2, 0.25) is 10.2 Å². The molecule has 150 valence electrons. The molecule has 6 nitrogen and oxygen atoms in total. The molecule has 4 aromatic rings. The minimum absolute atomic E-state index is 0.0918. The fourth-order valence-electron chi connectivity index (χ4n) is 3.11.